The van der Waals surface area contributed by atoms with E-state index in [1.54, 1.807) is 0 Å². The van der Waals surface area contributed by atoms with Crippen LogP contribution >= 0.6 is 0 Å². The SMILES string of the molecule is c1ccc(-n2c3ccccc3c3cc(-c4ccc5c(c4)c4cc6ccccc6cc4n5-c4cnc5c(c4)-c4ccnc6cccc-5c46)ccc32)cc1. The van der Waals surface area contributed by atoms with E-state index in [2.05, 4.69) is 172 Å². The fourth-order valence-corrected chi connectivity index (χ4v) is 8.79. The molecule has 11 aromatic rings. The molecule has 4 nitrogen and oxygen atoms in total. The molecular weight excluding hydrogens is 633 g/mol. The first-order chi connectivity index (χ1) is 25.8. The zero-order valence-corrected chi connectivity index (χ0v) is 28.0. The second-order valence-corrected chi connectivity index (χ2v) is 13.9. The van der Waals surface area contributed by atoms with E-state index in [0.29, 0.717) is 0 Å². The molecule has 4 heteroatoms. The predicted octanol–water partition coefficient (Wildman–Crippen LogP) is 12.3. The Labute approximate surface area is 298 Å². The van der Waals surface area contributed by atoms with E-state index < -0.39 is 0 Å². The van der Waals surface area contributed by atoms with Crippen LogP contribution in [0.25, 0.3) is 110 Å². The number of nitrogens with zero attached hydrogens (tertiary/aromatic N) is 4. The maximum atomic E-state index is 5.12. The quantitative estimate of drug-likeness (QED) is 0.189. The first-order valence-electron chi connectivity index (χ1n) is 17.7. The summed E-state index contributed by atoms with van der Waals surface area (Å²) in [5, 5.41) is 8.60. The van der Waals surface area contributed by atoms with Gasteiger partial charge in [-0.3, -0.25) is 9.97 Å². The molecule has 0 amide bonds. The second-order valence-electron chi connectivity index (χ2n) is 13.9. The van der Waals surface area contributed by atoms with Gasteiger partial charge < -0.3 is 9.13 Å². The fraction of sp³-hybridized carbons (Fsp3) is 0. The maximum Gasteiger partial charge on any atom is 0.0789 e. The smallest absolute Gasteiger partial charge is 0.0789 e. The first kappa shape index (κ1) is 27.7. The third-order valence-corrected chi connectivity index (χ3v) is 11.1. The summed E-state index contributed by atoms with van der Waals surface area (Å²) in [4.78, 5) is 9.78. The highest BCUT2D eigenvalue weighted by molar-refractivity contribution is 6.16. The van der Waals surface area contributed by atoms with Crippen LogP contribution in [-0.2, 0) is 0 Å². The Morgan fingerprint density at radius 1 is 0.385 bits per heavy atom. The van der Waals surface area contributed by atoms with Gasteiger partial charge in [0.15, 0.2) is 0 Å². The van der Waals surface area contributed by atoms with Gasteiger partial charge in [0, 0.05) is 49.9 Å². The number of pyridine rings is 2. The third kappa shape index (κ3) is 3.75. The van der Waals surface area contributed by atoms with Gasteiger partial charge >= 0.3 is 0 Å². The number of fused-ring (bicyclic) bond motifs is 10. The maximum absolute atomic E-state index is 5.12. The average molecular weight is 661 g/mol. The van der Waals surface area contributed by atoms with Gasteiger partial charge in [0.05, 0.1) is 45.2 Å². The zero-order valence-electron chi connectivity index (χ0n) is 28.0. The molecule has 1 aliphatic rings. The molecule has 0 saturated carbocycles. The van der Waals surface area contributed by atoms with Crippen LogP contribution in [0.3, 0.4) is 0 Å². The molecule has 52 heavy (non-hydrogen) atoms. The van der Waals surface area contributed by atoms with Crippen LogP contribution in [0.5, 0.6) is 0 Å². The Bertz CT molecular complexity index is 3290. The second kappa shape index (κ2) is 10.3. The first-order valence-corrected chi connectivity index (χ1v) is 17.7. The van der Waals surface area contributed by atoms with E-state index >= 15 is 0 Å². The molecule has 4 aromatic heterocycles. The van der Waals surface area contributed by atoms with Crippen LogP contribution < -0.4 is 0 Å². The largest absolute Gasteiger partial charge is 0.309 e. The lowest BCUT2D eigenvalue weighted by Gasteiger charge is -2.11. The summed E-state index contributed by atoms with van der Waals surface area (Å²) in [6.07, 6.45) is 3.95. The molecule has 0 saturated heterocycles. The van der Waals surface area contributed by atoms with Gasteiger partial charge in [-0.15, -0.1) is 0 Å². The van der Waals surface area contributed by atoms with Gasteiger partial charge in [-0.2, -0.15) is 0 Å². The van der Waals surface area contributed by atoms with E-state index in [1.165, 1.54) is 76.6 Å². The monoisotopic (exact) mass is 660 g/mol. The minimum Gasteiger partial charge on any atom is -0.309 e. The van der Waals surface area contributed by atoms with Gasteiger partial charge in [0.1, 0.15) is 0 Å². The van der Waals surface area contributed by atoms with E-state index in [-0.39, 0.29) is 0 Å². The van der Waals surface area contributed by atoms with Crippen molar-refractivity contribution in [1.29, 1.82) is 0 Å². The van der Waals surface area contributed by atoms with Crippen molar-refractivity contribution < 1.29 is 0 Å². The number of hydrogen-bond acceptors (Lipinski definition) is 2. The summed E-state index contributed by atoms with van der Waals surface area (Å²) in [6, 6.07) is 57.3. The van der Waals surface area contributed by atoms with Crippen LogP contribution in [0, 0.1) is 0 Å². The van der Waals surface area contributed by atoms with Crippen LogP contribution in [0.4, 0.5) is 0 Å². The molecule has 0 atom stereocenters. The highest BCUT2D eigenvalue weighted by Gasteiger charge is 2.24. The highest BCUT2D eigenvalue weighted by Crippen LogP contribution is 2.47. The van der Waals surface area contributed by atoms with Crippen LogP contribution in [0.15, 0.2) is 170 Å². The Kier molecular flexibility index (Phi) is 5.47. The van der Waals surface area contributed by atoms with Gasteiger partial charge in [-0.25, -0.2) is 0 Å². The Balaban J connectivity index is 1.09. The van der Waals surface area contributed by atoms with E-state index in [0.717, 1.165) is 33.5 Å². The van der Waals surface area contributed by atoms with Crippen LogP contribution in [0.1, 0.15) is 0 Å². The Hall–Kier alpha value is -7.04. The molecule has 12 rings (SSSR count). The molecule has 0 fully saturated rings. The highest BCUT2D eigenvalue weighted by atomic mass is 15.0. The molecular formula is C48H28N4. The van der Waals surface area contributed by atoms with Crippen LogP contribution in [0.2, 0.25) is 0 Å². The summed E-state index contributed by atoms with van der Waals surface area (Å²) < 4.78 is 4.77. The minimum absolute atomic E-state index is 1.01. The molecule has 0 spiro atoms. The molecule has 0 aliphatic heterocycles. The van der Waals surface area contributed by atoms with E-state index in [4.69, 9.17) is 4.98 Å². The van der Waals surface area contributed by atoms with Crippen molar-refractivity contribution in [3.63, 3.8) is 0 Å². The Morgan fingerprint density at radius 2 is 1.06 bits per heavy atom. The number of benzene rings is 7. The van der Waals surface area contributed by atoms with Crippen LogP contribution in [-0.4, -0.2) is 19.1 Å². The van der Waals surface area contributed by atoms with E-state index in [1.807, 2.05) is 12.4 Å². The lowest BCUT2D eigenvalue weighted by atomic mass is 10.00. The summed E-state index contributed by atoms with van der Waals surface area (Å²) in [6.45, 7) is 0. The van der Waals surface area contributed by atoms with Crippen molar-refractivity contribution in [2.45, 2.75) is 0 Å². The summed E-state index contributed by atoms with van der Waals surface area (Å²) >= 11 is 0. The third-order valence-electron chi connectivity index (χ3n) is 11.1. The topological polar surface area (TPSA) is 35.6 Å². The van der Waals surface area contributed by atoms with Crippen molar-refractivity contribution in [2.75, 3.05) is 0 Å². The number of rotatable bonds is 3. The molecule has 0 radical (unpaired) electrons. The number of para-hydroxylation sites is 2. The lowest BCUT2D eigenvalue weighted by Crippen LogP contribution is -1.96. The molecule has 0 bridgehead atoms. The van der Waals surface area contributed by atoms with Gasteiger partial charge in [0.2, 0.25) is 0 Å². The molecule has 0 unspecified atom stereocenters. The number of aromatic nitrogens is 4. The molecule has 1 aliphatic carbocycles. The average Bonchev–Trinajstić information content (AvgIpc) is 3.83. The normalized spacial score (nSPS) is 12.2. The van der Waals surface area contributed by atoms with Gasteiger partial charge in [-0.1, -0.05) is 84.9 Å². The van der Waals surface area contributed by atoms with Crippen molar-refractivity contribution in [2.24, 2.45) is 0 Å². The standard InChI is InChI=1S/C48H28N4/c1-2-11-33(12-3-1)51-43-16-7-6-13-35(43)38-24-31(17-19-44(38)51)32-18-20-45-39(25-32)40-23-29-9-4-5-10-30(29)26-46(40)52(45)34-27-41-36-21-22-49-42-15-8-14-37(47(36)42)48(41)50-28-34/h1-28H. The van der Waals surface area contributed by atoms with Gasteiger partial charge in [0.25, 0.3) is 0 Å². The van der Waals surface area contributed by atoms with Crippen molar-refractivity contribution >= 4 is 65.3 Å². The minimum atomic E-state index is 1.01. The van der Waals surface area contributed by atoms with Crippen molar-refractivity contribution in [3.05, 3.63) is 170 Å². The van der Waals surface area contributed by atoms with Crippen molar-refractivity contribution in [3.8, 4) is 44.9 Å². The van der Waals surface area contributed by atoms with Gasteiger partial charge in [-0.05, 0) is 100 Å². The summed E-state index contributed by atoms with van der Waals surface area (Å²) in [5.41, 5.74) is 14.9. The zero-order chi connectivity index (χ0) is 33.9. The fourth-order valence-electron chi connectivity index (χ4n) is 8.79. The van der Waals surface area contributed by atoms with E-state index in [9.17, 15) is 0 Å². The number of hydrogen-bond donors (Lipinski definition) is 0. The summed E-state index contributed by atoms with van der Waals surface area (Å²) in [7, 11) is 0. The molecule has 0 N–H and O–H groups in total. The predicted molar refractivity (Wildman–Crippen MR) is 216 cm³/mol. The Morgan fingerprint density at radius 3 is 1.88 bits per heavy atom. The lowest BCUT2D eigenvalue weighted by molar-refractivity contribution is 1.15. The molecule has 4 heterocycles. The molecule has 240 valence electrons. The van der Waals surface area contributed by atoms with Crippen molar-refractivity contribution in [1.82, 2.24) is 19.1 Å². The molecule has 7 aromatic carbocycles. The summed E-state index contributed by atoms with van der Waals surface area (Å²) in [5.74, 6) is 0.